The van der Waals surface area contributed by atoms with Crippen LogP contribution >= 0.6 is 0 Å². The third-order valence-electron chi connectivity index (χ3n) is 6.58. The summed E-state index contributed by atoms with van der Waals surface area (Å²) in [5, 5.41) is 10.2. The van der Waals surface area contributed by atoms with Crippen molar-refractivity contribution in [2.75, 3.05) is 13.2 Å². The van der Waals surface area contributed by atoms with Crippen LogP contribution in [0.5, 0.6) is 0 Å². The van der Waals surface area contributed by atoms with Crippen LogP contribution in [-0.2, 0) is 28.9 Å². The molecule has 0 aliphatic heterocycles. The molecule has 0 aliphatic rings. The fraction of sp³-hybridized carbons (Fsp3) is 0.690. The topological polar surface area (TPSA) is 111 Å². The highest BCUT2D eigenvalue weighted by Crippen LogP contribution is 2.35. The number of sulfone groups is 1. The zero-order valence-electron chi connectivity index (χ0n) is 22.9. The first-order chi connectivity index (χ1) is 17.7. The maximum Gasteiger partial charge on any atom is 0.305 e. The molecule has 0 radical (unpaired) electrons. The fourth-order valence-electron chi connectivity index (χ4n) is 4.40. The van der Waals surface area contributed by atoms with Gasteiger partial charge in [0, 0.05) is 12.8 Å². The molecule has 0 saturated heterocycles. The summed E-state index contributed by atoms with van der Waals surface area (Å²) in [6.07, 6.45) is 9.28. The van der Waals surface area contributed by atoms with E-state index in [0.29, 0.717) is 51.7 Å². The number of hydrogen-bond donors (Lipinski definition) is 0. The fourth-order valence-corrected chi connectivity index (χ4v) is 6.29. The van der Waals surface area contributed by atoms with Gasteiger partial charge in [-0.25, -0.2) is 8.42 Å². The minimum absolute atomic E-state index is 0.184. The summed E-state index contributed by atoms with van der Waals surface area (Å²) in [5.41, 5.74) is 0.965. The predicted molar refractivity (Wildman–Crippen MR) is 145 cm³/mol. The second-order valence-corrected chi connectivity index (χ2v) is 11.8. The molecule has 0 spiro atoms. The Hall–Kier alpha value is -2.40. The maximum absolute atomic E-state index is 13.7. The lowest BCUT2D eigenvalue weighted by atomic mass is 9.94. The molecule has 0 bridgehead atoms. The van der Waals surface area contributed by atoms with Gasteiger partial charge in [0.2, 0.25) is 0 Å². The van der Waals surface area contributed by atoms with Crippen molar-refractivity contribution in [3.8, 4) is 6.07 Å². The molecule has 0 fully saturated rings. The van der Waals surface area contributed by atoms with Gasteiger partial charge in [0.25, 0.3) is 0 Å². The van der Waals surface area contributed by atoms with Crippen LogP contribution < -0.4 is 0 Å². The predicted octanol–water partition coefficient (Wildman–Crippen LogP) is 6.62. The average molecular weight is 536 g/mol. The van der Waals surface area contributed by atoms with Crippen molar-refractivity contribution in [3.05, 3.63) is 29.8 Å². The molecule has 7 nitrogen and oxygen atoms in total. The summed E-state index contributed by atoms with van der Waals surface area (Å²) in [6, 6.07) is 8.95. The van der Waals surface area contributed by atoms with E-state index in [1.807, 2.05) is 6.92 Å². The molecule has 208 valence electrons. The Bertz CT molecular complexity index is 918. The molecule has 37 heavy (non-hydrogen) atoms. The number of nitriles is 1. The molecular weight excluding hydrogens is 490 g/mol. The third kappa shape index (κ3) is 11.7. The Kier molecular flexibility index (Phi) is 15.8. The highest BCUT2D eigenvalue weighted by atomic mass is 32.2. The van der Waals surface area contributed by atoms with E-state index in [0.717, 1.165) is 56.9 Å². The van der Waals surface area contributed by atoms with Gasteiger partial charge in [-0.05, 0) is 58.6 Å². The lowest BCUT2D eigenvalue weighted by Crippen LogP contribution is -2.37. The first-order valence-corrected chi connectivity index (χ1v) is 15.2. The highest BCUT2D eigenvalue weighted by Gasteiger charge is 2.44. The smallest absolute Gasteiger partial charge is 0.305 e. The van der Waals surface area contributed by atoms with Gasteiger partial charge in [0.05, 0.1) is 24.2 Å². The molecule has 0 N–H and O–H groups in total. The van der Waals surface area contributed by atoms with Gasteiger partial charge in [-0.1, -0.05) is 69.1 Å². The van der Waals surface area contributed by atoms with Crippen molar-refractivity contribution in [1.29, 1.82) is 5.26 Å². The van der Waals surface area contributed by atoms with Gasteiger partial charge >= 0.3 is 11.9 Å². The molecule has 1 aromatic carbocycles. The van der Waals surface area contributed by atoms with Gasteiger partial charge < -0.3 is 9.47 Å². The van der Waals surface area contributed by atoms with Crippen molar-refractivity contribution in [3.63, 3.8) is 0 Å². The molecule has 0 amide bonds. The number of hydrogen-bond acceptors (Lipinski definition) is 7. The molecule has 0 saturated carbocycles. The van der Waals surface area contributed by atoms with Crippen molar-refractivity contribution in [2.45, 2.75) is 120 Å². The second kappa shape index (κ2) is 18.0. The molecule has 1 aromatic rings. The van der Waals surface area contributed by atoms with Gasteiger partial charge in [0.1, 0.15) is 0 Å². The quantitative estimate of drug-likeness (QED) is 0.136. The summed E-state index contributed by atoms with van der Waals surface area (Å²) < 4.78 is 35.8. The second-order valence-electron chi connectivity index (χ2n) is 9.57. The van der Waals surface area contributed by atoms with Gasteiger partial charge in [-0.15, -0.1) is 0 Å². The van der Waals surface area contributed by atoms with E-state index in [2.05, 4.69) is 6.07 Å². The Morgan fingerprint density at radius 3 is 1.57 bits per heavy atom. The Labute approximate surface area is 223 Å². The van der Waals surface area contributed by atoms with Crippen molar-refractivity contribution in [1.82, 2.24) is 0 Å². The van der Waals surface area contributed by atoms with E-state index in [-0.39, 0.29) is 16.8 Å². The number of benzene rings is 1. The lowest BCUT2D eigenvalue weighted by molar-refractivity contribution is -0.144. The van der Waals surface area contributed by atoms with Crippen molar-refractivity contribution < 1.29 is 27.5 Å². The molecule has 0 aromatic heterocycles. The first-order valence-electron chi connectivity index (χ1n) is 13.8. The van der Waals surface area contributed by atoms with E-state index in [4.69, 9.17) is 9.47 Å². The minimum atomic E-state index is -3.84. The molecular formula is C29H45NO6S. The Balaban J connectivity index is 2.70. The van der Waals surface area contributed by atoms with Crippen LogP contribution in [-0.4, -0.2) is 38.3 Å². The van der Waals surface area contributed by atoms with E-state index < -0.39 is 14.6 Å². The van der Waals surface area contributed by atoms with Crippen LogP contribution in [0.15, 0.2) is 29.2 Å². The molecule has 1 rings (SSSR count). The summed E-state index contributed by atoms with van der Waals surface area (Å²) in [5.74, 6) is -0.368. The Morgan fingerprint density at radius 1 is 0.757 bits per heavy atom. The standard InChI is InChI=1S/C29H45NO6S/c1-4-35-27(31)16-12-8-6-10-14-22-29(24-30,37(33,34)26-20-18-25(3)19-21-26)23-15-11-7-9-13-17-28(32)36-5-2/h18-21H,4-17,22-23H2,1-3H3. The van der Waals surface area contributed by atoms with Gasteiger partial charge in [-0.3, -0.25) is 9.59 Å². The highest BCUT2D eigenvalue weighted by molar-refractivity contribution is 7.93. The van der Waals surface area contributed by atoms with E-state index in [9.17, 15) is 23.3 Å². The SMILES string of the molecule is CCOC(=O)CCCCCCCC(C#N)(CCCCCCCC(=O)OCC)S(=O)(=O)c1ccc(C)cc1. The van der Waals surface area contributed by atoms with Crippen LogP contribution in [0.25, 0.3) is 0 Å². The monoisotopic (exact) mass is 535 g/mol. The number of aryl methyl sites for hydroxylation is 1. The van der Waals surface area contributed by atoms with Gasteiger partial charge in [0.15, 0.2) is 14.6 Å². The van der Waals surface area contributed by atoms with E-state index in [1.165, 1.54) is 0 Å². The summed E-state index contributed by atoms with van der Waals surface area (Å²) in [4.78, 5) is 23.1. The molecule has 0 atom stereocenters. The average Bonchev–Trinajstić information content (AvgIpc) is 2.86. The molecule has 8 heteroatoms. The number of carbonyl (C=O) groups excluding carboxylic acids is 2. The zero-order valence-corrected chi connectivity index (χ0v) is 23.7. The number of esters is 2. The number of unbranched alkanes of at least 4 members (excludes halogenated alkanes) is 8. The van der Waals surface area contributed by atoms with Crippen LogP contribution in [0.2, 0.25) is 0 Å². The van der Waals surface area contributed by atoms with Crippen LogP contribution in [0.3, 0.4) is 0 Å². The summed E-state index contributed by atoms with van der Waals surface area (Å²) in [7, 11) is -3.84. The largest absolute Gasteiger partial charge is 0.466 e. The summed E-state index contributed by atoms with van der Waals surface area (Å²) >= 11 is 0. The minimum Gasteiger partial charge on any atom is -0.466 e. The van der Waals surface area contributed by atoms with E-state index in [1.54, 1.807) is 38.1 Å². The van der Waals surface area contributed by atoms with Crippen LogP contribution in [0.4, 0.5) is 0 Å². The van der Waals surface area contributed by atoms with Crippen molar-refractivity contribution >= 4 is 21.8 Å². The molecule has 0 unspecified atom stereocenters. The van der Waals surface area contributed by atoms with Crippen LogP contribution in [0.1, 0.15) is 109 Å². The normalized spacial score (nSPS) is 11.6. The summed E-state index contributed by atoms with van der Waals surface area (Å²) in [6.45, 7) is 6.25. The number of rotatable bonds is 20. The number of ether oxygens (including phenoxy) is 2. The maximum atomic E-state index is 13.7. The lowest BCUT2D eigenvalue weighted by Gasteiger charge is -2.27. The zero-order chi connectivity index (χ0) is 27.6. The molecule has 0 aliphatic carbocycles. The molecule has 0 heterocycles. The van der Waals surface area contributed by atoms with E-state index >= 15 is 0 Å². The van der Waals surface area contributed by atoms with Crippen LogP contribution in [0, 0.1) is 18.3 Å². The third-order valence-corrected chi connectivity index (χ3v) is 9.00. The number of nitrogens with zero attached hydrogens (tertiary/aromatic N) is 1. The Morgan fingerprint density at radius 2 is 1.16 bits per heavy atom. The number of carbonyl (C=O) groups is 2. The van der Waals surface area contributed by atoms with Crippen molar-refractivity contribution in [2.24, 2.45) is 0 Å². The first kappa shape index (κ1) is 32.6. The van der Waals surface area contributed by atoms with Gasteiger partial charge in [-0.2, -0.15) is 5.26 Å².